The molecule has 1 aromatic rings. The van der Waals surface area contributed by atoms with Crippen LogP contribution in [0.2, 0.25) is 0 Å². The lowest BCUT2D eigenvalue weighted by molar-refractivity contribution is 0.0951. The molecule has 0 radical (unpaired) electrons. The summed E-state index contributed by atoms with van der Waals surface area (Å²) in [4.78, 5) is 18.2. The van der Waals surface area contributed by atoms with E-state index in [1.54, 1.807) is 6.20 Å². The number of rotatable bonds is 5. The summed E-state index contributed by atoms with van der Waals surface area (Å²) in [5, 5.41) is 2.78. The molecule has 3 N–H and O–H groups in total. The van der Waals surface area contributed by atoms with Gasteiger partial charge in [-0.3, -0.25) is 9.78 Å². The summed E-state index contributed by atoms with van der Waals surface area (Å²) in [7, 11) is 2.08. The zero-order valence-electron chi connectivity index (χ0n) is 12.3. The molecule has 1 aromatic heterocycles. The number of carbonyl (C=O) groups is 1. The highest BCUT2D eigenvalue weighted by Crippen LogP contribution is 2.31. The molecular formula is C15H24N4O. The molecule has 5 nitrogen and oxygen atoms in total. The molecule has 1 aliphatic carbocycles. The summed E-state index contributed by atoms with van der Waals surface area (Å²) < 4.78 is 0. The zero-order chi connectivity index (χ0) is 14.5. The van der Waals surface area contributed by atoms with Crippen LogP contribution < -0.4 is 16.0 Å². The van der Waals surface area contributed by atoms with Gasteiger partial charge in [0.05, 0.1) is 0 Å². The Bertz CT molecular complexity index is 463. The summed E-state index contributed by atoms with van der Waals surface area (Å²) in [5.41, 5.74) is 7.36. The first-order chi connectivity index (χ1) is 9.67. The van der Waals surface area contributed by atoms with Crippen molar-refractivity contribution in [1.29, 1.82) is 0 Å². The first kappa shape index (κ1) is 14.8. The lowest BCUT2D eigenvalue weighted by atomic mass is 10.0. The topological polar surface area (TPSA) is 71.2 Å². The van der Waals surface area contributed by atoms with Gasteiger partial charge < -0.3 is 16.0 Å². The number of aromatic nitrogens is 1. The van der Waals surface area contributed by atoms with Crippen molar-refractivity contribution in [3.63, 3.8) is 0 Å². The van der Waals surface area contributed by atoms with Gasteiger partial charge in [-0.15, -0.1) is 0 Å². The van der Waals surface area contributed by atoms with Gasteiger partial charge in [0.15, 0.2) is 0 Å². The number of anilines is 1. The van der Waals surface area contributed by atoms with Gasteiger partial charge in [-0.1, -0.05) is 6.42 Å². The third-order valence-corrected chi connectivity index (χ3v) is 4.14. The molecular weight excluding hydrogens is 252 g/mol. The normalized spacial score (nSPS) is 21.8. The molecule has 5 heteroatoms. The third kappa shape index (κ3) is 3.10. The molecule has 0 saturated heterocycles. The average Bonchev–Trinajstić information content (AvgIpc) is 2.95. The van der Waals surface area contributed by atoms with Crippen LogP contribution in [0.3, 0.4) is 0 Å². The molecule has 1 aliphatic rings. The second kappa shape index (κ2) is 6.70. The Morgan fingerprint density at radius 2 is 2.35 bits per heavy atom. The first-order valence-electron chi connectivity index (χ1n) is 7.34. The molecule has 2 unspecified atom stereocenters. The van der Waals surface area contributed by atoms with E-state index in [4.69, 9.17) is 5.73 Å². The average molecular weight is 276 g/mol. The number of hydrogen-bond donors (Lipinski definition) is 2. The van der Waals surface area contributed by atoms with Crippen LogP contribution in [0.15, 0.2) is 18.3 Å². The van der Waals surface area contributed by atoms with Gasteiger partial charge in [0.1, 0.15) is 5.69 Å². The third-order valence-electron chi connectivity index (χ3n) is 4.14. The van der Waals surface area contributed by atoms with E-state index in [1.807, 2.05) is 19.1 Å². The van der Waals surface area contributed by atoms with Crippen molar-refractivity contribution in [2.24, 2.45) is 11.7 Å². The standard InChI is InChI=1S/C15H24N4O/c1-3-17-15(20)13-9-12(7-8-18-13)19(2)14-6-4-5-11(14)10-16/h7-9,11,14H,3-6,10,16H2,1-2H3,(H,17,20). The van der Waals surface area contributed by atoms with Crippen molar-refractivity contribution >= 4 is 11.6 Å². The van der Waals surface area contributed by atoms with E-state index in [9.17, 15) is 4.79 Å². The maximum Gasteiger partial charge on any atom is 0.269 e. The van der Waals surface area contributed by atoms with Gasteiger partial charge in [0.25, 0.3) is 5.91 Å². The molecule has 1 amide bonds. The minimum absolute atomic E-state index is 0.121. The van der Waals surface area contributed by atoms with Crippen molar-refractivity contribution in [2.45, 2.75) is 32.2 Å². The molecule has 0 bridgehead atoms. The molecule has 110 valence electrons. The van der Waals surface area contributed by atoms with Crippen molar-refractivity contribution in [1.82, 2.24) is 10.3 Å². The van der Waals surface area contributed by atoms with Crippen LogP contribution in [-0.4, -0.2) is 37.1 Å². The van der Waals surface area contributed by atoms with E-state index in [0.717, 1.165) is 18.7 Å². The minimum atomic E-state index is -0.121. The highest BCUT2D eigenvalue weighted by atomic mass is 16.1. The number of carbonyl (C=O) groups excluding carboxylic acids is 1. The lowest BCUT2D eigenvalue weighted by Gasteiger charge is -2.31. The maximum atomic E-state index is 11.8. The molecule has 1 saturated carbocycles. The Labute approximate surface area is 120 Å². The number of hydrogen-bond acceptors (Lipinski definition) is 4. The second-order valence-electron chi connectivity index (χ2n) is 5.36. The Morgan fingerprint density at radius 1 is 1.55 bits per heavy atom. The van der Waals surface area contributed by atoms with Crippen LogP contribution in [0.1, 0.15) is 36.7 Å². The van der Waals surface area contributed by atoms with E-state index < -0.39 is 0 Å². The van der Waals surface area contributed by atoms with Gasteiger partial charge in [-0.25, -0.2) is 0 Å². The summed E-state index contributed by atoms with van der Waals surface area (Å²) in [6.07, 6.45) is 5.28. The van der Waals surface area contributed by atoms with Crippen LogP contribution in [0, 0.1) is 5.92 Å². The SMILES string of the molecule is CCNC(=O)c1cc(N(C)C2CCCC2CN)ccn1. The molecule has 0 aromatic carbocycles. The predicted molar refractivity (Wildman–Crippen MR) is 80.8 cm³/mol. The van der Waals surface area contributed by atoms with Crippen molar-refractivity contribution in [3.8, 4) is 0 Å². The van der Waals surface area contributed by atoms with Gasteiger partial charge in [0, 0.05) is 31.5 Å². The van der Waals surface area contributed by atoms with Crippen molar-refractivity contribution < 1.29 is 4.79 Å². The number of pyridine rings is 1. The van der Waals surface area contributed by atoms with Gasteiger partial charge >= 0.3 is 0 Å². The molecule has 1 fully saturated rings. The maximum absolute atomic E-state index is 11.8. The quantitative estimate of drug-likeness (QED) is 0.852. The van der Waals surface area contributed by atoms with Gasteiger partial charge in [-0.05, 0) is 44.4 Å². The van der Waals surface area contributed by atoms with Gasteiger partial charge in [-0.2, -0.15) is 0 Å². The lowest BCUT2D eigenvalue weighted by Crippen LogP contribution is -2.38. The summed E-state index contributed by atoms with van der Waals surface area (Å²) in [5.74, 6) is 0.422. The smallest absolute Gasteiger partial charge is 0.269 e. The van der Waals surface area contributed by atoms with Crippen LogP contribution in [0.25, 0.3) is 0 Å². The Hall–Kier alpha value is -1.62. The molecule has 20 heavy (non-hydrogen) atoms. The van der Waals surface area contributed by atoms with E-state index in [0.29, 0.717) is 24.2 Å². The molecule has 0 aliphatic heterocycles. The molecule has 2 rings (SSSR count). The van der Waals surface area contributed by atoms with Crippen molar-refractivity contribution in [2.75, 3.05) is 25.0 Å². The number of nitrogens with zero attached hydrogens (tertiary/aromatic N) is 2. The largest absolute Gasteiger partial charge is 0.371 e. The second-order valence-corrected chi connectivity index (χ2v) is 5.36. The van der Waals surface area contributed by atoms with Gasteiger partial charge in [0.2, 0.25) is 0 Å². The summed E-state index contributed by atoms with van der Waals surface area (Å²) in [6, 6.07) is 4.27. The number of amides is 1. The van der Waals surface area contributed by atoms with Crippen LogP contribution in [-0.2, 0) is 0 Å². The number of nitrogens with two attached hydrogens (primary N) is 1. The number of nitrogens with one attached hydrogen (secondary N) is 1. The molecule has 1 heterocycles. The van der Waals surface area contributed by atoms with E-state index in [1.165, 1.54) is 12.8 Å². The molecule has 0 spiro atoms. The Balaban J connectivity index is 2.15. The highest BCUT2D eigenvalue weighted by molar-refractivity contribution is 5.93. The van der Waals surface area contributed by atoms with E-state index in [2.05, 4.69) is 22.2 Å². The Kier molecular flexibility index (Phi) is 4.95. The van der Waals surface area contributed by atoms with Crippen LogP contribution in [0.4, 0.5) is 5.69 Å². The van der Waals surface area contributed by atoms with E-state index >= 15 is 0 Å². The van der Waals surface area contributed by atoms with Crippen molar-refractivity contribution in [3.05, 3.63) is 24.0 Å². The Morgan fingerprint density at radius 3 is 3.05 bits per heavy atom. The van der Waals surface area contributed by atoms with Crippen LogP contribution >= 0.6 is 0 Å². The summed E-state index contributed by atoms with van der Waals surface area (Å²) in [6.45, 7) is 3.24. The van der Waals surface area contributed by atoms with E-state index in [-0.39, 0.29) is 5.91 Å². The van der Waals surface area contributed by atoms with Crippen LogP contribution in [0.5, 0.6) is 0 Å². The zero-order valence-corrected chi connectivity index (χ0v) is 12.3. The monoisotopic (exact) mass is 276 g/mol. The fraction of sp³-hybridized carbons (Fsp3) is 0.600. The first-order valence-corrected chi connectivity index (χ1v) is 7.34. The predicted octanol–water partition coefficient (Wildman–Crippen LogP) is 1.39. The highest BCUT2D eigenvalue weighted by Gasteiger charge is 2.29. The molecule has 2 atom stereocenters. The fourth-order valence-corrected chi connectivity index (χ4v) is 3.01. The fourth-order valence-electron chi connectivity index (χ4n) is 3.01. The minimum Gasteiger partial charge on any atom is -0.371 e. The summed E-state index contributed by atoms with van der Waals surface area (Å²) >= 11 is 0.